The average molecular weight is 269 g/mol. The molecule has 0 radical (unpaired) electrons. The minimum absolute atomic E-state index is 0.657. The number of nitrogens with one attached hydrogen (secondary N) is 1. The third-order valence-corrected chi connectivity index (χ3v) is 2.66. The number of aromatic amines is 1. The smallest absolute Gasteiger partial charge is 0.191 e. The zero-order chi connectivity index (χ0) is 10.7. The van der Waals surface area contributed by atoms with Crippen molar-refractivity contribution in [1.82, 2.24) is 4.98 Å². The van der Waals surface area contributed by atoms with Crippen molar-refractivity contribution in [3.05, 3.63) is 28.7 Å². The van der Waals surface area contributed by atoms with E-state index >= 15 is 0 Å². The van der Waals surface area contributed by atoms with E-state index in [0.29, 0.717) is 13.2 Å². The molecule has 4 heteroatoms. The van der Waals surface area contributed by atoms with Crippen LogP contribution in [0.25, 0.3) is 10.9 Å². The molecule has 0 bridgehead atoms. The van der Waals surface area contributed by atoms with Crippen LogP contribution in [0.2, 0.25) is 0 Å². The summed E-state index contributed by atoms with van der Waals surface area (Å²) >= 11 is 3.43. The molecule has 15 heavy (non-hydrogen) atoms. The SMILES string of the molecule is NCCCOc1cc2cc(Br)ccc2[nH]1. The zero-order valence-electron chi connectivity index (χ0n) is 8.29. The number of benzene rings is 1. The largest absolute Gasteiger partial charge is 0.479 e. The molecule has 0 unspecified atom stereocenters. The Morgan fingerprint density at radius 2 is 2.20 bits per heavy atom. The van der Waals surface area contributed by atoms with E-state index in [0.717, 1.165) is 27.7 Å². The van der Waals surface area contributed by atoms with Crippen molar-refractivity contribution in [3.63, 3.8) is 0 Å². The Morgan fingerprint density at radius 1 is 1.33 bits per heavy atom. The lowest BCUT2D eigenvalue weighted by atomic mass is 10.2. The van der Waals surface area contributed by atoms with Gasteiger partial charge in [0, 0.05) is 21.4 Å². The molecule has 2 rings (SSSR count). The zero-order valence-corrected chi connectivity index (χ0v) is 9.88. The second-order valence-electron chi connectivity index (χ2n) is 3.36. The highest BCUT2D eigenvalue weighted by molar-refractivity contribution is 9.10. The van der Waals surface area contributed by atoms with Crippen molar-refractivity contribution < 1.29 is 4.74 Å². The standard InChI is InChI=1S/C11H13BrN2O/c12-9-2-3-10-8(6-9)7-11(14-10)15-5-1-4-13/h2-3,6-7,14H,1,4-5,13H2. The molecule has 0 aliphatic carbocycles. The fourth-order valence-electron chi connectivity index (χ4n) is 1.42. The molecule has 80 valence electrons. The molecule has 3 nitrogen and oxygen atoms in total. The van der Waals surface area contributed by atoms with Gasteiger partial charge in [0.25, 0.3) is 0 Å². The van der Waals surface area contributed by atoms with E-state index < -0.39 is 0 Å². The van der Waals surface area contributed by atoms with Crippen LogP contribution in [0, 0.1) is 0 Å². The van der Waals surface area contributed by atoms with E-state index in [1.165, 1.54) is 0 Å². The number of aromatic nitrogens is 1. The molecule has 0 aliphatic heterocycles. The molecular weight excluding hydrogens is 256 g/mol. The van der Waals surface area contributed by atoms with Gasteiger partial charge in [-0.15, -0.1) is 0 Å². The molecule has 2 aromatic rings. The number of H-pyrrole nitrogens is 1. The maximum absolute atomic E-state index is 5.52. The van der Waals surface area contributed by atoms with Crippen LogP contribution in [-0.2, 0) is 0 Å². The molecule has 0 amide bonds. The highest BCUT2D eigenvalue weighted by atomic mass is 79.9. The van der Waals surface area contributed by atoms with Crippen molar-refractivity contribution in [3.8, 4) is 5.88 Å². The Hall–Kier alpha value is -1.00. The molecule has 0 atom stereocenters. The van der Waals surface area contributed by atoms with Crippen molar-refractivity contribution in [2.75, 3.05) is 13.2 Å². The fraction of sp³-hybridized carbons (Fsp3) is 0.273. The summed E-state index contributed by atoms with van der Waals surface area (Å²) in [6.45, 7) is 1.32. The molecule has 0 saturated heterocycles. The van der Waals surface area contributed by atoms with Gasteiger partial charge in [-0.1, -0.05) is 15.9 Å². The number of fused-ring (bicyclic) bond motifs is 1. The quantitative estimate of drug-likeness (QED) is 0.838. The molecular formula is C11H13BrN2O. The predicted molar refractivity (Wildman–Crippen MR) is 65.2 cm³/mol. The van der Waals surface area contributed by atoms with Crippen molar-refractivity contribution in [2.24, 2.45) is 5.73 Å². The number of ether oxygens (including phenoxy) is 1. The molecule has 1 aromatic carbocycles. The van der Waals surface area contributed by atoms with Gasteiger partial charge in [-0.3, -0.25) is 0 Å². The first-order chi connectivity index (χ1) is 7.29. The second kappa shape index (κ2) is 4.68. The van der Waals surface area contributed by atoms with Crippen LogP contribution >= 0.6 is 15.9 Å². The van der Waals surface area contributed by atoms with Crippen molar-refractivity contribution >= 4 is 26.8 Å². The maximum Gasteiger partial charge on any atom is 0.191 e. The highest BCUT2D eigenvalue weighted by Crippen LogP contribution is 2.23. The second-order valence-corrected chi connectivity index (χ2v) is 4.27. The topological polar surface area (TPSA) is 51.0 Å². The molecule has 0 fully saturated rings. The van der Waals surface area contributed by atoms with Gasteiger partial charge < -0.3 is 15.5 Å². The molecule has 0 aliphatic rings. The predicted octanol–water partition coefficient (Wildman–Crippen LogP) is 2.66. The Bertz CT molecular complexity index is 453. The molecule has 0 spiro atoms. The van der Waals surface area contributed by atoms with Crippen LogP contribution in [0.4, 0.5) is 0 Å². The minimum atomic E-state index is 0.657. The number of hydrogen-bond acceptors (Lipinski definition) is 2. The Labute approximate surface area is 96.7 Å². The summed E-state index contributed by atoms with van der Waals surface area (Å²) in [4.78, 5) is 3.20. The molecule has 1 aromatic heterocycles. The summed E-state index contributed by atoms with van der Waals surface area (Å²) in [7, 11) is 0. The van der Waals surface area contributed by atoms with E-state index in [2.05, 4.69) is 27.0 Å². The van der Waals surface area contributed by atoms with Crippen LogP contribution < -0.4 is 10.5 Å². The molecule has 1 heterocycles. The van der Waals surface area contributed by atoms with Gasteiger partial charge in [0.05, 0.1) is 6.61 Å². The van der Waals surface area contributed by atoms with Gasteiger partial charge >= 0.3 is 0 Å². The van der Waals surface area contributed by atoms with Crippen molar-refractivity contribution in [1.29, 1.82) is 0 Å². The Kier molecular flexibility index (Phi) is 3.28. The normalized spacial score (nSPS) is 10.8. The van der Waals surface area contributed by atoms with E-state index in [1.54, 1.807) is 0 Å². The first kappa shape index (κ1) is 10.5. The number of nitrogens with two attached hydrogens (primary N) is 1. The first-order valence-electron chi connectivity index (χ1n) is 4.91. The fourth-order valence-corrected chi connectivity index (χ4v) is 1.80. The highest BCUT2D eigenvalue weighted by Gasteiger charge is 2.01. The van der Waals surface area contributed by atoms with Crippen molar-refractivity contribution in [2.45, 2.75) is 6.42 Å². The van der Waals surface area contributed by atoms with E-state index in [4.69, 9.17) is 10.5 Å². The van der Waals surface area contributed by atoms with Gasteiger partial charge in [0.15, 0.2) is 5.88 Å². The lowest BCUT2D eigenvalue weighted by Gasteiger charge is -2.00. The van der Waals surface area contributed by atoms with E-state index in [-0.39, 0.29) is 0 Å². The van der Waals surface area contributed by atoms with E-state index in [1.807, 2.05) is 18.2 Å². The Balaban J connectivity index is 2.16. The number of rotatable bonds is 4. The number of halogens is 1. The lowest BCUT2D eigenvalue weighted by molar-refractivity contribution is 0.304. The van der Waals surface area contributed by atoms with Gasteiger partial charge in [-0.25, -0.2) is 0 Å². The van der Waals surface area contributed by atoms with Gasteiger partial charge in [-0.05, 0) is 31.2 Å². The summed E-state index contributed by atoms with van der Waals surface area (Å²) < 4.78 is 6.59. The summed E-state index contributed by atoms with van der Waals surface area (Å²) in [5, 5.41) is 1.15. The monoisotopic (exact) mass is 268 g/mol. The van der Waals surface area contributed by atoms with Gasteiger partial charge in [0.2, 0.25) is 0 Å². The summed E-state index contributed by atoms with van der Waals surface area (Å²) in [5.41, 5.74) is 6.48. The third kappa shape index (κ3) is 2.52. The van der Waals surface area contributed by atoms with Gasteiger partial charge in [-0.2, -0.15) is 0 Å². The first-order valence-corrected chi connectivity index (χ1v) is 5.70. The van der Waals surface area contributed by atoms with E-state index in [9.17, 15) is 0 Å². The summed E-state index contributed by atoms with van der Waals surface area (Å²) in [5.74, 6) is 0.802. The Morgan fingerprint density at radius 3 is 3.00 bits per heavy atom. The van der Waals surface area contributed by atoms with Crippen LogP contribution in [0.15, 0.2) is 28.7 Å². The van der Waals surface area contributed by atoms with Crippen LogP contribution in [0.1, 0.15) is 6.42 Å². The molecule has 3 N–H and O–H groups in total. The number of hydrogen-bond donors (Lipinski definition) is 2. The minimum Gasteiger partial charge on any atom is -0.479 e. The third-order valence-electron chi connectivity index (χ3n) is 2.16. The van der Waals surface area contributed by atoms with Crippen LogP contribution in [0.3, 0.4) is 0 Å². The summed E-state index contributed by atoms with van der Waals surface area (Å²) in [6, 6.07) is 8.08. The van der Waals surface area contributed by atoms with Crippen LogP contribution in [-0.4, -0.2) is 18.1 Å². The lowest BCUT2D eigenvalue weighted by Crippen LogP contribution is -2.06. The summed E-state index contributed by atoms with van der Waals surface area (Å²) in [6.07, 6.45) is 0.874. The molecule has 0 saturated carbocycles. The van der Waals surface area contributed by atoms with Crippen LogP contribution in [0.5, 0.6) is 5.88 Å². The van der Waals surface area contributed by atoms with Gasteiger partial charge in [0.1, 0.15) is 0 Å². The average Bonchev–Trinajstić information content (AvgIpc) is 2.60. The maximum atomic E-state index is 5.52.